The van der Waals surface area contributed by atoms with Crippen molar-refractivity contribution in [2.75, 3.05) is 13.2 Å². The van der Waals surface area contributed by atoms with E-state index in [1.807, 2.05) is 0 Å². The van der Waals surface area contributed by atoms with Gasteiger partial charge in [-0.3, -0.25) is 5.32 Å². The lowest BCUT2D eigenvalue weighted by molar-refractivity contribution is -0.0879. The van der Waals surface area contributed by atoms with E-state index in [-0.39, 0.29) is 5.72 Å². The summed E-state index contributed by atoms with van der Waals surface area (Å²) in [6, 6.07) is 15.1. The van der Waals surface area contributed by atoms with Crippen LogP contribution < -0.4 is 5.32 Å². The molecule has 2 nitrogen and oxygen atoms in total. The van der Waals surface area contributed by atoms with Gasteiger partial charge in [0, 0.05) is 12.2 Å². The lowest BCUT2D eigenvalue weighted by Gasteiger charge is -2.39. The maximum atomic E-state index is 6.15. The van der Waals surface area contributed by atoms with Gasteiger partial charge in [-0.25, -0.2) is 0 Å². The topological polar surface area (TPSA) is 21.3 Å². The molecule has 1 atom stereocenters. The maximum Gasteiger partial charge on any atom is 0.145 e. The van der Waals surface area contributed by atoms with Crippen molar-refractivity contribution in [2.24, 2.45) is 0 Å². The normalized spacial score (nSPS) is 23.6. The molecule has 1 unspecified atom stereocenters. The summed E-state index contributed by atoms with van der Waals surface area (Å²) in [5, 5.41) is 6.20. The summed E-state index contributed by atoms with van der Waals surface area (Å²) >= 11 is 0. The average molecular weight is 255 g/mol. The van der Waals surface area contributed by atoms with E-state index in [0.717, 1.165) is 19.6 Å². The summed E-state index contributed by atoms with van der Waals surface area (Å²) in [7, 11) is 0. The SMILES string of the molecule is CCOC1(c2cccc3ccccc23)CCCCN1. The zero-order chi connectivity index (χ0) is 13.1. The highest BCUT2D eigenvalue weighted by Crippen LogP contribution is 2.35. The molecule has 0 bridgehead atoms. The van der Waals surface area contributed by atoms with Crippen LogP contribution in [0.2, 0.25) is 0 Å². The van der Waals surface area contributed by atoms with Gasteiger partial charge in [0.25, 0.3) is 0 Å². The standard InChI is InChI=1S/C17H21NO/c1-2-19-17(12-5-6-13-18-17)16-11-7-9-14-8-3-4-10-15(14)16/h3-4,7-11,18H,2,5-6,12-13H2,1H3. The molecule has 0 saturated carbocycles. The lowest BCUT2D eigenvalue weighted by atomic mass is 9.89. The number of ether oxygens (including phenoxy) is 1. The van der Waals surface area contributed by atoms with Crippen molar-refractivity contribution in [1.82, 2.24) is 5.32 Å². The van der Waals surface area contributed by atoms with Gasteiger partial charge in [0.1, 0.15) is 5.72 Å². The Kier molecular flexibility index (Phi) is 3.54. The summed E-state index contributed by atoms with van der Waals surface area (Å²) in [5.74, 6) is 0. The van der Waals surface area contributed by atoms with Crippen molar-refractivity contribution < 1.29 is 4.74 Å². The fraction of sp³-hybridized carbons (Fsp3) is 0.412. The molecule has 1 fully saturated rings. The van der Waals surface area contributed by atoms with Gasteiger partial charge in [-0.2, -0.15) is 0 Å². The van der Waals surface area contributed by atoms with Crippen molar-refractivity contribution in [3.05, 3.63) is 48.0 Å². The minimum absolute atomic E-state index is 0.298. The van der Waals surface area contributed by atoms with Gasteiger partial charge in [0.15, 0.2) is 0 Å². The molecule has 0 radical (unpaired) electrons. The smallest absolute Gasteiger partial charge is 0.145 e. The van der Waals surface area contributed by atoms with Gasteiger partial charge in [0.05, 0.1) is 0 Å². The first kappa shape index (κ1) is 12.6. The van der Waals surface area contributed by atoms with Gasteiger partial charge in [0.2, 0.25) is 0 Å². The van der Waals surface area contributed by atoms with Crippen molar-refractivity contribution in [3.8, 4) is 0 Å². The molecule has 0 aromatic heterocycles. The number of hydrogen-bond acceptors (Lipinski definition) is 2. The van der Waals surface area contributed by atoms with Crippen LogP contribution in [0.5, 0.6) is 0 Å². The van der Waals surface area contributed by atoms with Crippen LogP contribution in [0, 0.1) is 0 Å². The fourth-order valence-electron chi connectivity index (χ4n) is 3.13. The minimum Gasteiger partial charge on any atom is -0.357 e. The highest BCUT2D eigenvalue weighted by atomic mass is 16.5. The van der Waals surface area contributed by atoms with Crippen molar-refractivity contribution in [2.45, 2.75) is 31.9 Å². The Morgan fingerprint density at radius 1 is 1.11 bits per heavy atom. The Morgan fingerprint density at radius 2 is 1.95 bits per heavy atom. The van der Waals surface area contributed by atoms with Crippen LogP contribution in [0.25, 0.3) is 10.8 Å². The third-order valence-electron chi connectivity index (χ3n) is 3.98. The average Bonchev–Trinajstić information content (AvgIpc) is 2.48. The van der Waals surface area contributed by atoms with E-state index in [1.165, 1.54) is 29.2 Å². The van der Waals surface area contributed by atoms with E-state index in [0.29, 0.717) is 0 Å². The predicted octanol–water partition coefficient (Wildman–Crippen LogP) is 3.80. The molecule has 1 heterocycles. The molecule has 1 aliphatic rings. The molecule has 1 aliphatic heterocycles. The Morgan fingerprint density at radius 3 is 2.74 bits per heavy atom. The largest absolute Gasteiger partial charge is 0.357 e. The lowest BCUT2D eigenvalue weighted by Crippen LogP contribution is -2.48. The van der Waals surface area contributed by atoms with Gasteiger partial charge >= 0.3 is 0 Å². The molecular weight excluding hydrogens is 234 g/mol. The number of benzene rings is 2. The van der Waals surface area contributed by atoms with E-state index in [9.17, 15) is 0 Å². The molecule has 0 spiro atoms. The van der Waals surface area contributed by atoms with E-state index in [4.69, 9.17) is 4.74 Å². The molecule has 0 aliphatic carbocycles. The number of fused-ring (bicyclic) bond motifs is 1. The first-order valence-electron chi connectivity index (χ1n) is 7.23. The summed E-state index contributed by atoms with van der Waals surface area (Å²) in [4.78, 5) is 0. The highest BCUT2D eigenvalue weighted by Gasteiger charge is 2.35. The van der Waals surface area contributed by atoms with E-state index >= 15 is 0 Å². The molecule has 19 heavy (non-hydrogen) atoms. The number of piperidine rings is 1. The zero-order valence-corrected chi connectivity index (χ0v) is 11.5. The van der Waals surface area contributed by atoms with Gasteiger partial charge in [-0.05, 0) is 43.5 Å². The number of nitrogens with one attached hydrogen (secondary N) is 1. The molecule has 1 N–H and O–H groups in total. The second kappa shape index (κ2) is 5.32. The zero-order valence-electron chi connectivity index (χ0n) is 11.5. The van der Waals surface area contributed by atoms with Crippen LogP contribution in [-0.4, -0.2) is 13.2 Å². The molecule has 2 aromatic rings. The minimum atomic E-state index is -0.298. The summed E-state index contributed by atoms with van der Waals surface area (Å²) in [6.07, 6.45) is 3.50. The van der Waals surface area contributed by atoms with Crippen LogP contribution in [0.4, 0.5) is 0 Å². The first-order valence-corrected chi connectivity index (χ1v) is 7.23. The molecule has 0 amide bonds. The van der Waals surface area contributed by atoms with E-state index in [1.54, 1.807) is 0 Å². The van der Waals surface area contributed by atoms with Crippen molar-refractivity contribution in [1.29, 1.82) is 0 Å². The van der Waals surface area contributed by atoms with Crippen LogP contribution in [0.3, 0.4) is 0 Å². The van der Waals surface area contributed by atoms with E-state index in [2.05, 4.69) is 54.7 Å². The van der Waals surface area contributed by atoms with Crippen molar-refractivity contribution >= 4 is 10.8 Å². The highest BCUT2D eigenvalue weighted by molar-refractivity contribution is 5.86. The number of rotatable bonds is 3. The van der Waals surface area contributed by atoms with E-state index < -0.39 is 0 Å². The van der Waals surface area contributed by atoms with Crippen LogP contribution in [0.15, 0.2) is 42.5 Å². The Labute approximate surface area is 114 Å². The van der Waals surface area contributed by atoms with Crippen molar-refractivity contribution in [3.63, 3.8) is 0 Å². The molecule has 2 heteroatoms. The predicted molar refractivity (Wildman–Crippen MR) is 79.1 cm³/mol. The van der Waals surface area contributed by atoms with Crippen LogP contribution >= 0.6 is 0 Å². The third-order valence-corrected chi connectivity index (χ3v) is 3.98. The molecule has 3 rings (SSSR count). The van der Waals surface area contributed by atoms with Gasteiger partial charge < -0.3 is 4.74 Å². The molecule has 1 saturated heterocycles. The monoisotopic (exact) mass is 255 g/mol. The van der Waals surface area contributed by atoms with Crippen LogP contribution in [0.1, 0.15) is 31.7 Å². The number of hydrogen-bond donors (Lipinski definition) is 1. The van der Waals surface area contributed by atoms with Gasteiger partial charge in [-0.15, -0.1) is 0 Å². The quantitative estimate of drug-likeness (QED) is 0.900. The summed E-state index contributed by atoms with van der Waals surface area (Å²) in [5.41, 5.74) is 0.987. The Balaban J connectivity index is 2.14. The first-order chi connectivity index (χ1) is 9.36. The Hall–Kier alpha value is -1.38. The summed E-state index contributed by atoms with van der Waals surface area (Å²) < 4.78 is 6.15. The Bertz CT molecular complexity index is 547. The molecular formula is C17H21NO. The summed E-state index contributed by atoms with van der Waals surface area (Å²) in [6.45, 7) is 3.84. The molecule has 2 aromatic carbocycles. The third kappa shape index (κ3) is 2.26. The molecule has 100 valence electrons. The second-order valence-electron chi connectivity index (χ2n) is 5.17. The maximum absolute atomic E-state index is 6.15. The fourth-order valence-corrected chi connectivity index (χ4v) is 3.13. The second-order valence-corrected chi connectivity index (χ2v) is 5.17. The van der Waals surface area contributed by atoms with Gasteiger partial charge in [-0.1, -0.05) is 42.5 Å². The van der Waals surface area contributed by atoms with Crippen LogP contribution in [-0.2, 0) is 10.5 Å².